The number of carbonyl (C=O) groups excluding carboxylic acids is 3. The largest absolute Gasteiger partial charge is 0.494 e. The summed E-state index contributed by atoms with van der Waals surface area (Å²) in [6.07, 6.45) is 1.46. The number of anilines is 1. The first kappa shape index (κ1) is 21.0. The number of hydrogen-bond donors (Lipinski definition) is 2. The number of carbonyl (C=O) groups is 3. The number of benzene rings is 2. The van der Waals surface area contributed by atoms with Crippen molar-refractivity contribution in [3.05, 3.63) is 59.7 Å². The van der Waals surface area contributed by atoms with E-state index in [-0.39, 0.29) is 17.3 Å². The maximum Gasteiger partial charge on any atom is 0.270 e. The lowest BCUT2D eigenvalue weighted by Crippen LogP contribution is -2.54. The van der Waals surface area contributed by atoms with Gasteiger partial charge in [0.2, 0.25) is 0 Å². The zero-order chi connectivity index (χ0) is 21.7. The molecule has 1 aliphatic rings. The highest BCUT2D eigenvalue weighted by atomic mass is 32.1. The van der Waals surface area contributed by atoms with Crippen LogP contribution in [0.5, 0.6) is 11.5 Å². The van der Waals surface area contributed by atoms with Crippen molar-refractivity contribution in [2.24, 2.45) is 5.73 Å². The van der Waals surface area contributed by atoms with E-state index in [1.807, 2.05) is 6.92 Å². The first-order valence-corrected chi connectivity index (χ1v) is 9.45. The average Bonchev–Trinajstić information content (AvgIpc) is 2.71. The quantitative estimate of drug-likeness (QED) is 0.397. The Morgan fingerprint density at radius 2 is 1.87 bits per heavy atom. The molecular formula is C21H19N3O5S. The van der Waals surface area contributed by atoms with Crippen molar-refractivity contribution in [2.45, 2.75) is 6.92 Å². The van der Waals surface area contributed by atoms with Gasteiger partial charge in [0, 0.05) is 6.07 Å². The molecule has 1 heterocycles. The summed E-state index contributed by atoms with van der Waals surface area (Å²) >= 11 is 5.21. The molecule has 0 bridgehead atoms. The fourth-order valence-electron chi connectivity index (χ4n) is 2.75. The lowest BCUT2D eigenvalue weighted by Gasteiger charge is -2.29. The molecule has 154 valence electrons. The number of ether oxygens (including phenoxy) is 2. The van der Waals surface area contributed by atoms with Gasteiger partial charge >= 0.3 is 0 Å². The SMILES string of the molecule is CCOc1cccc(N2C(=O)/C(=C/c3ccc(OCC(N)=O)cc3)C(=O)NC2=S)c1. The molecule has 1 aliphatic heterocycles. The predicted octanol–water partition coefficient (Wildman–Crippen LogP) is 1.78. The van der Waals surface area contributed by atoms with Crippen LogP contribution in [0, 0.1) is 0 Å². The minimum Gasteiger partial charge on any atom is -0.494 e. The summed E-state index contributed by atoms with van der Waals surface area (Å²) in [6.45, 7) is 2.09. The van der Waals surface area contributed by atoms with Crippen molar-refractivity contribution in [3.8, 4) is 11.5 Å². The molecule has 9 heteroatoms. The van der Waals surface area contributed by atoms with Crippen LogP contribution in [0.3, 0.4) is 0 Å². The van der Waals surface area contributed by atoms with Gasteiger partial charge in [-0.2, -0.15) is 0 Å². The van der Waals surface area contributed by atoms with E-state index in [1.54, 1.807) is 48.5 Å². The molecule has 3 amide bonds. The van der Waals surface area contributed by atoms with Gasteiger partial charge in [-0.25, -0.2) is 0 Å². The number of thiocarbonyl (C=S) groups is 1. The Hall–Kier alpha value is -3.72. The van der Waals surface area contributed by atoms with Crippen LogP contribution in [-0.4, -0.2) is 36.0 Å². The van der Waals surface area contributed by atoms with Crippen LogP contribution in [0.1, 0.15) is 12.5 Å². The maximum atomic E-state index is 13.1. The number of nitrogens with one attached hydrogen (secondary N) is 1. The third kappa shape index (κ3) is 4.81. The highest BCUT2D eigenvalue weighted by Crippen LogP contribution is 2.26. The van der Waals surface area contributed by atoms with Crippen molar-refractivity contribution in [2.75, 3.05) is 18.1 Å². The van der Waals surface area contributed by atoms with Crippen molar-refractivity contribution in [1.29, 1.82) is 0 Å². The molecule has 1 fully saturated rings. The van der Waals surface area contributed by atoms with Crippen LogP contribution in [-0.2, 0) is 14.4 Å². The van der Waals surface area contributed by atoms with Crippen molar-refractivity contribution >= 4 is 46.8 Å². The lowest BCUT2D eigenvalue weighted by molar-refractivity contribution is -0.122. The molecular weight excluding hydrogens is 406 g/mol. The minimum absolute atomic E-state index is 0.00834. The summed E-state index contributed by atoms with van der Waals surface area (Å²) in [4.78, 5) is 37.5. The van der Waals surface area contributed by atoms with Gasteiger partial charge in [0.25, 0.3) is 17.7 Å². The highest BCUT2D eigenvalue weighted by molar-refractivity contribution is 7.80. The van der Waals surface area contributed by atoms with Gasteiger partial charge in [0.05, 0.1) is 12.3 Å². The Kier molecular flexibility index (Phi) is 6.43. The van der Waals surface area contributed by atoms with E-state index in [2.05, 4.69) is 5.32 Å². The Morgan fingerprint density at radius 1 is 1.13 bits per heavy atom. The van der Waals surface area contributed by atoms with Crippen LogP contribution in [0.25, 0.3) is 6.08 Å². The molecule has 0 spiro atoms. The molecule has 3 rings (SSSR count). The molecule has 0 aromatic heterocycles. The minimum atomic E-state index is -0.588. The average molecular weight is 425 g/mol. The number of nitrogens with two attached hydrogens (primary N) is 1. The van der Waals surface area contributed by atoms with Crippen molar-refractivity contribution < 1.29 is 23.9 Å². The third-order valence-corrected chi connectivity index (χ3v) is 4.35. The molecule has 2 aromatic carbocycles. The number of rotatable bonds is 7. The number of primary amides is 1. The molecule has 2 aromatic rings. The van der Waals surface area contributed by atoms with Crippen LogP contribution in [0.2, 0.25) is 0 Å². The van der Waals surface area contributed by atoms with Gasteiger partial charge < -0.3 is 15.2 Å². The first-order chi connectivity index (χ1) is 14.4. The molecule has 0 radical (unpaired) electrons. The van der Waals surface area contributed by atoms with Gasteiger partial charge in [-0.15, -0.1) is 0 Å². The number of hydrogen-bond acceptors (Lipinski definition) is 6. The van der Waals surface area contributed by atoms with Crippen molar-refractivity contribution in [3.63, 3.8) is 0 Å². The van der Waals surface area contributed by atoms with Crippen LogP contribution >= 0.6 is 12.2 Å². The van der Waals surface area contributed by atoms with Crippen LogP contribution < -0.4 is 25.4 Å². The van der Waals surface area contributed by atoms with Crippen molar-refractivity contribution in [1.82, 2.24) is 5.32 Å². The summed E-state index contributed by atoms with van der Waals surface area (Å²) in [6, 6.07) is 13.4. The lowest BCUT2D eigenvalue weighted by atomic mass is 10.1. The van der Waals surface area contributed by atoms with E-state index in [4.69, 9.17) is 27.4 Å². The Labute approximate surface area is 178 Å². The van der Waals surface area contributed by atoms with Gasteiger partial charge in [0.1, 0.15) is 17.1 Å². The third-order valence-electron chi connectivity index (χ3n) is 4.06. The van der Waals surface area contributed by atoms with Gasteiger partial charge in [-0.3, -0.25) is 24.6 Å². The monoisotopic (exact) mass is 425 g/mol. The fourth-order valence-corrected chi connectivity index (χ4v) is 3.03. The summed E-state index contributed by atoms with van der Waals surface area (Å²) < 4.78 is 10.7. The molecule has 3 N–H and O–H groups in total. The van der Waals surface area contributed by atoms with Gasteiger partial charge in [-0.05, 0) is 55.0 Å². The summed E-state index contributed by atoms with van der Waals surface area (Å²) in [5, 5.41) is 2.53. The molecule has 8 nitrogen and oxygen atoms in total. The van der Waals surface area contributed by atoms with E-state index >= 15 is 0 Å². The Balaban J connectivity index is 1.87. The molecule has 30 heavy (non-hydrogen) atoms. The Bertz CT molecular complexity index is 1030. The molecule has 0 saturated carbocycles. The topological polar surface area (TPSA) is 111 Å². The van der Waals surface area contributed by atoms with E-state index < -0.39 is 17.7 Å². The second-order valence-electron chi connectivity index (χ2n) is 6.21. The standard InChI is InChI=1S/C21H19N3O5S/c1-2-28-16-5-3-4-14(11-16)24-20(27)17(19(26)23-21(24)30)10-13-6-8-15(9-7-13)29-12-18(22)25/h3-11H,2,12H2,1H3,(H2,22,25)(H,23,26,30)/b17-10+. The summed E-state index contributed by atoms with van der Waals surface area (Å²) in [5.74, 6) is -0.705. The molecule has 0 unspecified atom stereocenters. The van der Waals surface area contributed by atoms with E-state index in [9.17, 15) is 14.4 Å². The smallest absolute Gasteiger partial charge is 0.270 e. The van der Waals surface area contributed by atoms with E-state index in [0.29, 0.717) is 29.4 Å². The highest BCUT2D eigenvalue weighted by Gasteiger charge is 2.34. The van der Waals surface area contributed by atoms with E-state index in [0.717, 1.165) is 0 Å². The van der Waals surface area contributed by atoms with E-state index in [1.165, 1.54) is 11.0 Å². The fraction of sp³-hybridized carbons (Fsp3) is 0.143. The number of amides is 3. The first-order valence-electron chi connectivity index (χ1n) is 9.04. The van der Waals surface area contributed by atoms with Gasteiger partial charge in [-0.1, -0.05) is 18.2 Å². The predicted molar refractivity (Wildman–Crippen MR) is 115 cm³/mol. The maximum absolute atomic E-state index is 13.1. The zero-order valence-corrected chi connectivity index (χ0v) is 16.9. The van der Waals surface area contributed by atoms with Gasteiger partial charge in [0.15, 0.2) is 11.7 Å². The summed E-state index contributed by atoms with van der Waals surface area (Å²) in [5.41, 5.74) is 6.05. The second kappa shape index (κ2) is 9.19. The molecule has 0 atom stereocenters. The normalized spacial score (nSPS) is 15.2. The molecule has 1 saturated heterocycles. The number of nitrogens with zero attached hydrogens (tertiary/aromatic N) is 1. The zero-order valence-electron chi connectivity index (χ0n) is 16.1. The second-order valence-corrected chi connectivity index (χ2v) is 6.60. The Morgan fingerprint density at radius 3 is 2.53 bits per heavy atom. The van der Waals surface area contributed by atoms with Crippen LogP contribution in [0.4, 0.5) is 5.69 Å². The summed E-state index contributed by atoms with van der Waals surface area (Å²) in [7, 11) is 0. The molecule has 0 aliphatic carbocycles. The van der Waals surface area contributed by atoms with Crippen LogP contribution in [0.15, 0.2) is 54.1 Å².